The van der Waals surface area contributed by atoms with Gasteiger partial charge in [0.1, 0.15) is 151 Å². The lowest BCUT2D eigenvalue weighted by atomic mass is 9.40. The third-order valence-electron chi connectivity index (χ3n) is 24.6. The van der Waals surface area contributed by atoms with Gasteiger partial charge in [0.15, 0.2) is 37.7 Å². The van der Waals surface area contributed by atoms with E-state index < -0.39 is 263 Å². The molecule has 0 bridgehead atoms. The minimum atomic E-state index is -2.10. The van der Waals surface area contributed by atoms with E-state index >= 15 is 0 Å². The SMILES string of the molecule is CO[C@@H]1[C@@H](O)[C@H](O[C@@H]2[C@@H](O)[C@H](O[C@H]3[C@H](O)[C@@H](O)[C@H](O[C@H]4[C@H](O[C@H]5CC[C@]6(C)C7=C[C@H](O)[C@]89C(=O)O[C@@](C)(CCCC(C)C)[C@H]8C(=O)C[C@@]9(C)[C@@H]7CC[C@H]6C5(C)C)OC[C@@H](O[C@@H]5O[C@H](CO)[C@@H](O)[C@H](O[C@@H]6O[C@H](CO)[C@@H](O)[C@H](OC)[C@H]6O)[C@H]5O)[C@@H]4O)O[C@@H]3C)O[C@H](CO)[C@H]2O)O[C@H](CO)[C@H]1O. The van der Waals surface area contributed by atoms with Gasteiger partial charge in [-0.3, -0.25) is 9.59 Å². The summed E-state index contributed by atoms with van der Waals surface area (Å²) in [6, 6.07) is 0. The molecule has 0 aromatic carbocycles. The van der Waals surface area contributed by atoms with Gasteiger partial charge in [-0.2, -0.15) is 0 Å². The highest BCUT2D eigenvalue weighted by Gasteiger charge is 2.82. The molecule has 574 valence electrons. The molecular formula is C67H108O33. The van der Waals surface area contributed by atoms with Crippen molar-refractivity contribution in [1.29, 1.82) is 0 Å². The normalized spacial score (nSPS) is 52.5. The monoisotopic (exact) mass is 1440 g/mol. The van der Waals surface area contributed by atoms with Crippen LogP contribution in [0.15, 0.2) is 11.6 Å². The Morgan fingerprint density at radius 2 is 1.00 bits per heavy atom. The average Bonchev–Trinajstić information content (AvgIpc) is 1.47. The summed E-state index contributed by atoms with van der Waals surface area (Å²) in [6.07, 6.45) is -45.8. The molecule has 33 nitrogen and oxygen atoms in total. The maximum absolute atomic E-state index is 14.6. The Kier molecular flexibility index (Phi) is 23.9. The molecule has 0 amide bonds. The number of allylic oxidation sites excluding steroid dienone is 1. The number of hydrogen-bond acceptors (Lipinski definition) is 33. The summed E-state index contributed by atoms with van der Waals surface area (Å²) >= 11 is 0. The van der Waals surface area contributed by atoms with E-state index in [1.165, 1.54) is 21.1 Å². The molecule has 0 aromatic heterocycles. The molecule has 4 aliphatic carbocycles. The first-order valence-electron chi connectivity index (χ1n) is 35.1. The molecule has 16 N–H and O–H groups in total. The van der Waals surface area contributed by atoms with E-state index in [-0.39, 0.29) is 24.0 Å². The van der Waals surface area contributed by atoms with E-state index in [2.05, 4.69) is 20.8 Å². The van der Waals surface area contributed by atoms with Crippen molar-refractivity contribution in [3.63, 3.8) is 0 Å². The fourth-order valence-corrected chi connectivity index (χ4v) is 19.2. The molecule has 11 aliphatic rings. The van der Waals surface area contributed by atoms with Gasteiger partial charge in [0.2, 0.25) is 0 Å². The van der Waals surface area contributed by atoms with Crippen molar-refractivity contribution >= 4 is 11.8 Å². The Labute approximate surface area is 579 Å². The van der Waals surface area contributed by atoms with Gasteiger partial charge in [-0.05, 0) is 81.0 Å². The number of carbonyl (C=O) groups excluding carboxylic acids is 2. The lowest BCUT2D eigenvalue weighted by Gasteiger charge is -2.64. The lowest BCUT2D eigenvalue weighted by Crippen LogP contribution is -2.67. The van der Waals surface area contributed by atoms with Gasteiger partial charge >= 0.3 is 5.97 Å². The first-order chi connectivity index (χ1) is 47.2. The zero-order chi connectivity index (χ0) is 72.9. The number of fused-ring (bicyclic) bond motifs is 4. The lowest BCUT2D eigenvalue weighted by molar-refractivity contribution is -0.397. The van der Waals surface area contributed by atoms with Crippen molar-refractivity contribution in [1.82, 2.24) is 0 Å². The maximum Gasteiger partial charge on any atom is 0.317 e. The Morgan fingerprint density at radius 3 is 1.50 bits per heavy atom. The van der Waals surface area contributed by atoms with Gasteiger partial charge in [-0.15, -0.1) is 0 Å². The Bertz CT molecular complexity index is 2820. The predicted octanol–water partition coefficient (Wildman–Crippen LogP) is -4.86. The van der Waals surface area contributed by atoms with Crippen molar-refractivity contribution in [2.24, 2.45) is 45.3 Å². The van der Waals surface area contributed by atoms with E-state index in [1.807, 2.05) is 33.8 Å². The van der Waals surface area contributed by atoms with Crippen LogP contribution in [0.3, 0.4) is 0 Å². The molecule has 7 aliphatic heterocycles. The molecular weight excluding hydrogens is 1330 g/mol. The Balaban J connectivity index is 0.843. The number of ketones is 1. The summed E-state index contributed by atoms with van der Waals surface area (Å²) in [4.78, 5) is 29.2. The number of carbonyl (C=O) groups is 2. The van der Waals surface area contributed by atoms with E-state index in [9.17, 15) is 91.3 Å². The number of hydrogen-bond donors (Lipinski definition) is 16. The van der Waals surface area contributed by atoms with Crippen LogP contribution >= 0.6 is 0 Å². The van der Waals surface area contributed by atoms with Crippen LogP contribution < -0.4 is 0 Å². The highest BCUT2D eigenvalue weighted by atomic mass is 16.8. The van der Waals surface area contributed by atoms with Gasteiger partial charge in [0.05, 0.1) is 57.3 Å². The molecule has 11 rings (SSSR count). The Hall–Kier alpha value is -2.32. The fourth-order valence-electron chi connectivity index (χ4n) is 19.2. The van der Waals surface area contributed by atoms with Crippen LogP contribution in [0.4, 0.5) is 0 Å². The topological polar surface area (TPSA) is 496 Å². The second-order valence-corrected chi connectivity index (χ2v) is 31.2. The number of rotatable bonds is 22. The molecule has 0 unspecified atom stereocenters. The van der Waals surface area contributed by atoms with Gasteiger partial charge < -0.3 is 153 Å². The number of ether oxygens (including phenoxy) is 15. The molecule has 33 heteroatoms. The molecule has 7 heterocycles. The largest absolute Gasteiger partial charge is 0.458 e. The minimum absolute atomic E-state index is 0.0917. The summed E-state index contributed by atoms with van der Waals surface area (Å²) in [5.74, 6) is -1.54. The number of aliphatic hydroxyl groups excluding tert-OH is 16. The second kappa shape index (κ2) is 30.4. The number of Topliss-reactive ketones (excluding diaryl/α,β-unsaturated/α-hetero) is 1. The fraction of sp³-hybridized carbons (Fsp3) is 0.940. The quantitative estimate of drug-likeness (QED) is 0.0275. The summed E-state index contributed by atoms with van der Waals surface area (Å²) in [5, 5.41) is 180. The molecule has 38 atom stereocenters. The predicted molar refractivity (Wildman–Crippen MR) is 332 cm³/mol. The Morgan fingerprint density at radius 1 is 0.530 bits per heavy atom. The standard InChI is InChI=1S/C67H108O33/c1-25(2)12-11-16-66(8)55-29(72)19-65(7)27-13-14-35-63(4,5)37(15-17-64(35,6)28(27)18-36(73)67(55,65)62(85)100-66)95-61-54(42(78)34(24-88-61)94-57-47(83)52(40(76)32(22-70)90-57)97-58-45(81)50(86-9)38(74)30(20-68)91-58)99-56-44(80)43(79)49(26(3)89-56)96-60-48(84)53(41(77)33(23-71)93-60)98-59-46(82)51(87-10)39(75)31(21-69)92-59/h18,25-27,30-61,68-71,73-84H,11-17,19-24H2,1-10H3/t26-,27-,30-,31-,32-,33-,34-,35+,36+,37+,38-,39-,40-,41-,42+,43-,44-,45-,46-,47-,48-,49-,50+,51+,52+,53+,54-,55-,56+,57+,58+,59+,60+,61+,64-,65+,66+,67-/m1/s1. The van der Waals surface area contributed by atoms with Crippen molar-refractivity contribution in [3.8, 4) is 0 Å². The highest BCUT2D eigenvalue weighted by molar-refractivity contribution is 5.99. The third kappa shape index (κ3) is 13.3. The van der Waals surface area contributed by atoms with Crippen molar-refractivity contribution in [2.75, 3.05) is 47.3 Å². The van der Waals surface area contributed by atoms with E-state index in [4.69, 9.17) is 71.1 Å². The van der Waals surface area contributed by atoms with Crippen LogP contribution in [0.2, 0.25) is 0 Å². The molecule has 7 saturated heterocycles. The second-order valence-electron chi connectivity index (χ2n) is 31.2. The van der Waals surface area contributed by atoms with E-state index in [0.29, 0.717) is 38.0 Å². The number of cyclic esters (lactones) is 1. The van der Waals surface area contributed by atoms with Crippen LogP contribution in [0.5, 0.6) is 0 Å². The van der Waals surface area contributed by atoms with Crippen molar-refractivity contribution in [2.45, 2.75) is 303 Å². The first kappa shape index (κ1) is 78.7. The van der Waals surface area contributed by atoms with Crippen LogP contribution in [-0.2, 0) is 80.6 Å². The average molecular weight is 1440 g/mol. The van der Waals surface area contributed by atoms with Gasteiger partial charge in [-0.1, -0.05) is 59.6 Å². The van der Waals surface area contributed by atoms with Crippen molar-refractivity contribution < 1.29 is 162 Å². The minimum Gasteiger partial charge on any atom is -0.458 e. The maximum atomic E-state index is 14.6. The molecule has 1 spiro atoms. The van der Waals surface area contributed by atoms with E-state index in [1.54, 1.807) is 0 Å². The highest BCUT2D eigenvalue weighted by Crippen LogP contribution is 2.75. The first-order valence-corrected chi connectivity index (χ1v) is 35.1. The molecule has 0 radical (unpaired) electrons. The molecule has 100 heavy (non-hydrogen) atoms. The zero-order valence-corrected chi connectivity index (χ0v) is 58.1. The number of aliphatic hydroxyl groups is 16. The smallest absolute Gasteiger partial charge is 0.317 e. The summed E-state index contributed by atoms with van der Waals surface area (Å²) in [7, 11) is 2.35. The van der Waals surface area contributed by atoms with Crippen LogP contribution in [0.25, 0.3) is 0 Å². The molecule has 0 aromatic rings. The van der Waals surface area contributed by atoms with Crippen LogP contribution in [0, 0.1) is 45.3 Å². The summed E-state index contributed by atoms with van der Waals surface area (Å²) in [5.41, 5.74) is -4.00. The van der Waals surface area contributed by atoms with Crippen molar-refractivity contribution in [3.05, 3.63) is 11.6 Å². The van der Waals surface area contributed by atoms with E-state index in [0.717, 1.165) is 18.4 Å². The summed E-state index contributed by atoms with van der Waals surface area (Å²) in [6.45, 7) is 11.8. The van der Waals surface area contributed by atoms with Gasteiger partial charge in [0.25, 0.3) is 0 Å². The molecule has 3 saturated carbocycles. The zero-order valence-electron chi connectivity index (χ0n) is 58.1. The van der Waals surface area contributed by atoms with Crippen LogP contribution in [0.1, 0.15) is 107 Å². The van der Waals surface area contributed by atoms with Gasteiger partial charge in [0, 0.05) is 26.1 Å². The van der Waals surface area contributed by atoms with Gasteiger partial charge in [-0.25, -0.2) is 0 Å². The van der Waals surface area contributed by atoms with Crippen LogP contribution in [-0.4, -0.2) is 337 Å². The summed E-state index contributed by atoms with van der Waals surface area (Å²) < 4.78 is 89.9. The number of esters is 1. The molecule has 10 fully saturated rings. The number of methoxy groups -OCH3 is 2. The third-order valence-corrected chi connectivity index (χ3v) is 24.6.